The Bertz CT molecular complexity index is 1530. The topological polar surface area (TPSA) is 136 Å². The van der Waals surface area contributed by atoms with E-state index in [-0.39, 0.29) is 45.9 Å². The molecule has 0 unspecified atom stereocenters. The van der Waals surface area contributed by atoms with Gasteiger partial charge in [0.05, 0.1) is 34.4 Å². The molecule has 0 bridgehead atoms. The molecule has 42 heavy (non-hydrogen) atoms. The van der Waals surface area contributed by atoms with Crippen molar-refractivity contribution in [1.82, 2.24) is 9.80 Å². The molecule has 1 aliphatic rings. The lowest BCUT2D eigenvalue weighted by Gasteiger charge is -2.38. The average molecular weight is 616 g/mol. The summed E-state index contributed by atoms with van der Waals surface area (Å²) in [5, 5.41) is 19.5. The van der Waals surface area contributed by atoms with Gasteiger partial charge >= 0.3 is 5.97 Å². The molecule has 12 heteroatoms. The van der Waals surface area contributed by atoms with Crippen molar-refractivity contribution in [2.45, 2.75) is 37.4 Å². The number of amides is 1. The minimum Gasteiger partial charge on any atom is -0.486 e. The van der Waals surface area contributed by atoms with Gasteiger partial charge in [0.25, 0.3) is 15.9 Å². The number of anilines is 1. The number of carboxylic acids is 1. The summed E-state index contributed by atoms with van der Waals surface area (Å²) >= 11 is 5.94. The van der Waals surface area contributed by atoms with Crippen LogP contribution in [-0.2, 0) is 16.6 Å². The van der Waals surface area contributed by atoms with E-state index in [1.807, 2.05) is 18.9 Å². The average Bonchev–Trinajstić information content (AvgIpc) is 2.95. The highest BCUT2D eigenvalue weighted by molar-refractivity contribution is 7.92. The van der Waals surface area contributed by atoms with E-state index in [9.17, 15) is 28.2 Å². The second-order valence-corrected chi connectivity index (χ2v) is 12.7. The lowest BCUT2D eigenvalue weighted by Crippen LogP contribution is -2.49. The fourth-order valence-corrected chi connectivity index (χ4v) is 5.98. The number of carboxylic acid groups (broad SMARTS) is 1. The molecule has 3 N–H and O–H groups in total. The monoisotopic (exact) mass is 615 g/mol. The Balaban J connectivity index is 1.67. The Morgan fingerprint density at radius 1 is 1.14 bits per heavy atom. The minimum absolute atomic E-state index is 0.00392. The van der Waals surface area contributed by atoms with Crippen LogP contribution in [0.4, 0.5) is 5.69 Å². The summed E-state index contributed by atoms with van der Waals surface area (Å²) < 4.78 is 35.6. The van der Waals surface area contributed by atoms with Crippen LogP contribution in [0.5, 0.6) is 5.75 Å². The van der Waals surface area contributed by atoms with Crippen molar-refractivity contribution in [3.63, 3.8) is 0 Å². The molecule has 1 aliphatic heterocycles. The zero-order valence-electron chi connectivity index (χ0n) is 23.5. The van der Waals surface area contributed by atoms with Crippen molar-refractivity contribution >= 4 is 39.2 Å². The van der Waals surface area contributed by atoms with Gasteiger partial charge in [-0.2, -0.15) is 0 Å². The van der Waals surface area contributed by atoms with Crippen molar-refractivity contribution < 1.29 is 33.0 Å². The molecule has 1 heterocycles. The lowest BCUT2D eigenvalue weighted by molar-refractivity contribution is 0.0343. The summed E-state index contributed by atoms with van der Waals surface area (Å²) in [6, 6.07) is 16.5. The molecule has 0 saturated carbocycles. The zero-order valence-corrected chi connectivity index (χ0v) is 25.1. The molecule has 224 valence electrons. The number of rotatable bonds is 10. The number of nitrogens with one attached hydrogen (secondary N) is 1. The fourth-order valence-electron chi connectivity index (χ4n) is 4.80. The number of aromatic carboxylic acids is 1. The Morgan fingerprint density at radius 2 is 1.81 bits per heavy atom. The van der Waals surface area contributed by atoms with Crippen molar-refractivity contribution in [3.8, 4) is 5.75 Å². The molecule has 0 saturated heterocycles. The smallest absolute Gasteiger partial charge is 0.335 e. The number of carbonyl (C=O) groups is 2. The number of halogens is 1. The summed E-state index contributed by atoms with van der Waals surface area (Å²) in [6.45, 7) is 4.67. The Morgan fingerprint density at radius 3 is 2.43 bits per heavy atom. The summed E-state index contributed by atoms with van der Waals surface area (Å²) in [6.07, 6.45) is -0.477. The number of para-hydroxylation sites is 1. The maximum atomic E-state index is 13.7. The number of nitrogens with zero attached hydrogens (tertiary/aromatic N) is 2. The number of carbonyl (C=O) groups excluding carboxylic acids is 1. The predicted molar refractivity (Wildman–Crippen MR) is 160 cm³/mol. The van der Waals surface area contributed by atoms with E-state index >= 15 is 0 Å². The number of benzene rings is 3. The summed E-state index contributed by atoms with van der Waals surface area (Å²) in [5.74, 6) is -1.47. The number of fused-ring (bicyclic) bond motifs is 1. The van der Waals surface area contributed by atoms with E-state index in [0.717, 1.165) is 5.56 Å². The van der Waals surface area contributed by atoms with E-state index in [4.69, 9.17) is 16.3 Å². The fraction of sp³-hybridized carbons (Fsp3) is 0.333. The summed E-state index contributed by atoms with van der Waals surface area (Å²) in [5.41, 5.74) is 1.39. The van der Waals surface area contributed by atoms with Crippen LogP contribution in [-0.4, -0.2) is 79.2 Å². The minimum atomic E-state index is -4.05. The van der Waals surface area contributed by atoms with Crippen LogP contribution >= 0.6 is 11.6 Å². The Kier molecular flexibility index (Phi) is 9.78. The number of sulfonamides is 1. The predicted octanol–water partition coefficient (Wildman–Crippen LogP) is 4.19. The molecule has 3 aromatic carbocycles. The van der Waals surface area contributed by atoms with Gasteiger partial charge in [0.15, 0.2) is 5.75 Å². The third-order valence-corrected chi connectivity index (χ3v) is 8.84. The van der Waals surface area contributed by atoms with Crippen LogP contribution in [0.15, 0.2) is 71.6 Å². The third-order valence-electron chi connectivity index (χ3n) is 7.20. The molecule has 10 nitrogen and oxygen atoms in total. The Labute approximate surface area is 250 Å². The molecule has 0 spiro atoms. The first-order chi connectivity index (χ1) is 19.9. The first-order valence-corrected chi connectivity index (χ1v) is 15.3. The lowest BCUT2D eigenvalue weighted by atomic mass is 9.99. The van der Waals surface area contributed by atoms with E-state index in [2.05, 4.69) is 4.72 Å². The number of aliphatic hydroxyl groups excluding tert-OH is 1. The quantitative estimate of drug-likeness (QED) is 0.309. The van der Waals surface area contributed by atoms with Crippen molar-refractivity contribution in [1.29, 1.82) is 0 Å². The highest BCUT2D eigenvalue weighted by atomic mass is 35.5. The van der Waals surface area contributed by atoms with Crippen LogP contribution in [0.3, 0.4) is 0 Å². The van der Waals surface area contributed by atoms with E-state index in [0.29, 0.717) is 24.7 Å². The second-order valence-electron chi connectivity index (χ2n) is 10.6. The van der Waals surface area contributed by atoms with Gasteiger partial charge in [-0.25, -0.2) is 13.2 Å². The summed E-state index contributed by atoms with van der Waals surface area (Å²) in [4.78, 5) is 28.5. The molecule has 4 rings (SSSR count). The van der Waals surface area contributed by atoms with Crippen LogP contribution in [0.1, 0.15) is 40.1 Å². The van der Waals surface area contributed by atoms with Gasteiger partial charge in [0.1, 0.15) is 6.10 Å². The molecular formula is C30H34ClN3O7S. The number of likely N-dealkylation sites (N-methyl/N-ethyl adjacent to an activating group) is 1. The number of ether oxygens (including phenoxy) is 1. The molecule has 0 radical (unpaired) electrons. The molecule has 1 amide bonds. The standard InChI is InChI=1S/C30H34ClN3O7S/c1-19-15-34(20(2)18-35)29(36)25-5-4-6-26(32-42(39,40)24-13-11-23(31)12-14-24)28(25)41-27(19)17-33(3)16-21-7-9-22(10-8-21)30(37)38/h4-14,19-20,27,32,35H,15-18H2,1-3H3,(H,37,38)/t19-,20+,27-/m0/s1. The SMILES string of the molecule is C[C@H](CO)N1C[C@H](C)[C@H](CN(C)Cc2ccc(C(=O)O)cc2)Oc2c(NS(=O)(=O)c3ccc(Cl)cc3)cccc2C1=O. The van der Waals surface area contributed by atoms with Crippen LogP contribution in [0.25, 0.3) is 0 Å². The van der Waals surface area contributed by atoms with Crippen molar-refractivity contribution in [2.75, 3.05) is 31.5 Å². The first kappa shape index (κ1) is 31.3. The summed E-state index contributed by atoms with van der Waals surface area (Å²) in [7, 11) is -2.15. The maximum absolute atomic E-state index is 13.7. The van der Waals surface area contributed by atoms with Gasteiger partial charge in [0.2, 0.25) is 0 Å². The Hall–Kier alpha value is -3.64. The van der Waals surface area contributed by atoms with E-state index < -0.39 is 28.1 Å². The molecular weight excluding hydrogens is 582 g/mol. The van der Waals surface area contributed by atoms with E-state index in [1.165, 1.54) is 30.3 Å². The normalized spacial score (nSPS) is 18.0. The maximum Gasteiger partial charge on any atom is 0.335 e. The molecule has 3 atom stereocenters. The second kappa shape index (κ2) is 13.1. The highest BCUT2D eigenvalue weighted by Crippen LogP contribution is 2.36. The van der Waals surface area contributed by atoms with Gasteiger partial charge in [-0.15, -0.1) is 0 Å². The molecule has 0 aromatic heterocycles. The zero-order chi connectivity index (χ0) is 30.6. The third kappa shape index (κ3) is 7.22. The van der Waals surface area contributed by atoms with Crippen molar-refractivity contribution in [2.24, 2.45) is 5.92 Å². The van der Waals surface area contributed by atoms with Gasteiger partial charge in [0, 0.05) is 30.6 Å². The number of hydrogen-bond donors (Lipinski definition) is 3. The first-order valence-electron chi connectivity index (χ1n) is 13.4. The molecule has 0 aliphatic carbocycles. The highest BCUT2D eigenvalue weighted by Gasteiger charge is 2.35. The van der Waals surface area contributed by atoms with E-state index in [1.54, 1.807) is 48.2 Å². The molecule has 3 aromatic rings. The van der Waals surface area contributed by atoms with Crippen LogP contribution in [0, 0.1) is 5.92 Å². The number of hydrogen-bond acceptors (Lipinski definition) is 7. The van der Waals surface area contributed by atoms with Gasteiger partial charge in [-0.05, 0) is 68.1 Å². The van der Waals surface area contributed by atoms with Gasteiger partial charge in [-0.1, -0.05) is 36.7 Å². The van der Waals surface area contributed by atoms with Crippen LogP contribution < -0.4 is 9.46 Å². The van der Waals surface area contributed by atoms with Gasteiger partial charge < -0.3 is 19.8 Å². The largest absolute Gasteiger partial charge is 0.486 e. The number of aliphatic hydroxyl groups is 1. The van der Waals surface area contributed by atoms with Gasteiger partial charge in [-0.3, -0.25) is 14.4 Å². The van der Waals surface area contributed by atoms with Crippen LogP contribution in [0.2, 0.25) is 5.02 Å². The van der Waals surface area contributed by atoms with Crippen molar-refractivity contribution in [3.05, 3.63) is 88.4 Å². The molecule has 0 fully saturated rings.